The predicted octanol–water partition coefficient (Wildman–Crippen LogP) is 1.67. The molecule has 2 heterocycles. The molecule has 0 spiro atoms. The molecule has 0 bridgehead atoms. The van der Waals surface area contributed by atoms with Gasteiger partial charge in [-0.3, -0.25) is 4.79 Å². The number of furan rings is 1. The van der Waals surface area contributed by atoms with Crippen LogP contribution in [0.1, 0.15) is 23.9 Å². The number of nitrogens with zero attached hydrogens (tertiary/aromatic N) is 2. The molecule has 1 aromatic rings. The van der Waals surface area contributed by atoms with Crippen molar-refractivity contribution in [2.75, 3.05) is 26.2 Å². The number of nitrogens with one attached hydrogen (secondary N) is 1. The Morgan fingerprint density at radius 2 is 2.00 bits per heavy atom. The topological polar surface area (TPSA) is 65.8 Å². The molecule has 0 aromatic carbocycles. The summed E-state index contributed by atoms with van der Waals surface area (Å²) in [6.07, 6.45) is 5.90. The van der Waals surface area contributed by atoms with E-state index in [4.69, 9.17) is 4.42 Å². The fraction of sp³-hybridized carbons (Fsp3) is 0.429. The summed E-state index contributed by atoms with van der Waals surface area (Å²) >= 11 is 0. The van der Waals surface area contributed by atoms with Crippen LogP contribution in [0.5, 0.6) is 0 Å². The Bertz CT molecular complexity index is 474. The highest BCUT2D eigenvalue weighted by molar-refractivity contribution is 5.91. The zero-order valence-electron chi connectivity index (χ0n) is 11.5. The number of urea groups is 1. The van der Waals surface area contributed by atoms with Crippen LogP contribution < -0.4 is 5.32 Å². The third-order valence-corrected chi connectivity index (χ3v) is 3.15. The Labute approximate surface area is 118 Å². The van der Waals surface area contributed by atoms with Gasteiger partial charge in [0.25, 0.3) is 5.91 Å². The molecule has 0 radical (unpaired) electrons. The lowest BCUT2D eigenvalue weighted by Crippen LogP contribution is -2.52. The largest absolute Gasteiger partial charge is 0.459 e. The van der Waals surface area contributed by atoms with E-state index in [2.05, 4.69) is 5.32 Å². The van der Waals surface area contributed by atoms with Crippen LogP contribution in [0.25, 0.3) is 0 Å². The highest BCUT2D eigenvalue weighted by atomic mass is 16.3. The molecule has 1 N–H and O–H groups in total. The van der Waals surface area contributed by atoms with Crippen LogP contribution >= 0.6 is 0 Å². The van der Waals surface area contributed by atoms with Crippen molar-refractivity contribution in [1.29, 1.82) is 0 Å². The first-order valence-electron chi connectivity index (χ1n) is 6.75. The third-order valence-electron chi connectivity index (χ3n) is 3.15. The minimum Gasteiger partial charge on any atom is -0.459 e. The number of hydrogen-bond donors (Lipinski definition) is 1. The smallest absolute Gasteiger partial charge is 0.321 e. The number of hydrogen-bond acceptors (Lipinski definition) is 3. The summed E-state index contributed by atoms with van der Waals surface area (Å²) in [5.41, 5.74) is 0. The van der Waals surface area contributed by atoms with Gasteiger partial charge >= 0.3 is 6.03 Å². The third kappa shape index (κ3) is 3.40. The summed E-state index contributed by atoms with van der Waals surface area (Å²) in [6.45, 7) is 4.09. The van der Waals surface area contributed by atoms with Gasteiger partial charge in [-0.1, -0.05) is 13.0 Å². The van der Waals surface area contributed by atoms with E-state index in [-0.39, 0.29) is 11.9 Å². The molecular formula is C14H19N3O3. The Balaban J connectivity index is 1.82. The predicted molar refractivity (Wildman–Crippen MR) is 74.1 cm³/mol. The SMILES string of the molecule is CC/C=C/NC(=O)N1CCN(C(=O)c2ccco2)CC1. The van der Waals surface area contributed by atoms with Gasteiger partial charge in [-0.15, -0.1) is 0 Å². The van der Waals surface area contributed by atoms with Gasteiger partial charge in [0.05, 0.1) is 6.26 Å². The summed E-state index contributed by atoms with van der Waals surface area (Å²) in [4.78, 5) is 27.3. The molecule has 108 valence electrons. The molecule has 6 nitrogen and oxygen atoms in total. The summed E-state index contributed by atoms with van der Waals surface area (Å²) in [7, 11) is 0. The quantitative estimate of drug-likeness (QED) is 0.914. The lowest BCUT2D eigenvalue weighted by atomic mass is 10.3. The molecule has 0 aliphatic carbocycles. The number of carbonyl (C=O) groups is 2. The van der Waals surface area contributed by atoms with Gasteiger partial charge < -0.3 is 19.5 Å². The number of rotatable bonds is 3. The van der Waals surface area contributed by atoms with Gasteiger partial charge in [0.2, 0.25) is 0 Å². The van der Waals surface area contributed by atoms with E-state index >= 15 is 0 Å². The minimum absolute atomic E-state index is 0.124. The maximum atomic E-state index is 12.1. The van der Waals surface area contributed by atoms with E-state index in [1.165, 1.54) is 6.26 Å². The molecule has 1 fully saturated rings. The van der Waals surface area contributed by atoms with E-state index in [1.54, 1.807) is 28.1 Å². The monoisotopic (exact) mass is 277 g/mol. The Morgan fingerprint density at radius 1 is 1.30 bits per heavy atom. The average Bonchev–Trinajstić information content (AvgIpc) is 3.01. The number of allylic oxidation sites excluding steroid dienone is 1. The second-order valence-corrected chi connectivity index (χ2v) is 4.52. The van der Waals surface area contributed by atoms with E-state index in [0.29, 0.717) is 31.9 Å². The molecular weight excluding hydrogens is 258 g/mol. The number of piperazine rings is 1. The molecule has 3 amide bonds. The normalized spacial score (nSPS) is 15.7. The van der Waals surface area contributed by atoms with Crippen LogP contribution in [-0.4, -0.2) is 47.9 Å². The van der Waals surface area contributed by atoms with Crippen LogP contribution in [0.4, 0.5) is 4.79 Å². The Morgan fingerprint density at radius 3 is 2.60 bits per heavy atom. The molecule has 1 aliphatic heterocycles. The summed E-state index contributed by atoms with van der Waals surface area (Å²) in [6, 6.07) is 3.22. The molecule has 0 unspecified atom stereocenters. The van der Waals surface area contributed by atoms with Crippen LogP contribution in [0.2, 0.25) is 0 Å². The van der Waals surface area contributed by atoms with Crippen molar-refractivity contribution in [3.63, 3.8) is 0 Å². The number of amides is 3. The van der Waals surface area contributed by atoms with Crippen LogP contribution in [0, 0.1) is 0 Å². The van der Waals surface area contributed by atoms with Gasteiger partial charge in [0.1, 0.15) is 0 Å². The van der Waals surface area contributed by atoms with Gasteiger partial charge in [-0.05, 0) is 18.6 Å². The summed E-state index contributed by atoms with van der Waals surface area (Å²) in [5.74, 6) is 0.217. The van der Waals surface area contributed by atoms with Crippen molar-refractivity contribution >= 4 is 11.9 Å². The van der Waals surface area contributed by atoms with Crippen LogP contribution in [-0.2, 0) is 0 Å². The minimum atomic E-state index is -0.125. The van der Waals surface area contributed by atoms with Crippen molar-refractivity contribution < 1.29 is 14.0 Å². The molecule has 1 saturated heterocycles. The fourth-order valence-electron chi connectivity index (χ4n) is 2.01. The van der Waals surface area contributed by atoms with Crippen molar-refractivity contribution in [3.8, 4) is 0 Å². The second-order valence-electron chi connectivity index (χ2n) is 4.52. The fourth-order valence-corrected chi connectivity index (χ4v) is 2.01. The van der Waals surface area contributed by atoms with E-state index in [1.807, 2.05) is 13.0 Å². The first kappa shape index (κ1) is 14.2. The van der Waals surface area contributed by atoms with Crippen LogP contribution in [0.15, 0.2) is 35.1 Å². The van der Waals surface area contributed by atoms with Crippen molar-refractivity contribution in [2.24, 2.45) is 0 Å². The van der Waals surface area contributed by atoms with Gasteiger partial charge in [-0.25, -0.2) is 4.79 Å². The van der Waals surface area contributed by atoms with Gasteiger partial charge in [0.15, 0.2) is 5.76 Å². The van der Waals surface area contributed by atoms with Crippen molar-refractivity contribution in [3.05, 3.63) is 36.4 Å². The lowest BCUT2D eigenvalue weighted by Gasteiger charge is -2.34. The molecule has 1 aliphatic rings. The van der Waals surface area contributed by atoms with E-state index in [0.717, 1.165) is 6.42 Å². The van der Waals surface area contributed by atoms with Crippen LogP contribution in [0.3, 0.4) is 0 Å². The Kier molecular flexibility index (Phi) is 4.81. The highest BCUT2D eigenvalue weighted by Gasteiger charge is 2.25. The van der Waals surface area contributed by atoms with E-state index < -0.39 is 0 Å². The molecule has 6 heteroatoms. The lowest BCUT2D eigenvalue weighted by molar-refractivity contribution is 0.0636. The maximum Gasteiger partial charge on any atom is 0.321 e. The molecule has 0 atom stereocenters. The van der Waals surface area contributed by atoms with E-state index in [9.17, 15) is 9.59 Å². The zero-order valence-corrected chi connectivity index (χ0v) is 11.5. The first-order chi connectivity index (χ1) is 9.72. The maximum absolute atomic E-state index is 12.1. The second kappa shape index (κ2) is 6.79. The molecule has 20 heavy (non-hydrogen) atoms. The first-order valence-corrected chi connectivity index (χ1v) is 6.75. The van der Waals surface area contributed by atoms with Gasteiger partial charge in [-0.2, -0.15) is 0 Å². The summed E-state index contributed by atoms with van der Waals surface area (Å²) < 4.78 is 5.10. The molecule has 1 aromatic heterocycles. The van der Waals surface area contributed by atoms with Gasteiger partial charge in [0, 0.05) is 32.4 Å². The number of carbonyl (C=O) groups excluding carboxylic acids is 2. The molecule has 2 rings (SSSR count). The van der Waals surface area contributed by atoms with Crippen molar-refractivity contribution in [2.45, 2.75) is 13.3 Å². The summed E-state index contributed by atoms with van der Waals surface area (Å²) in [5, 5.41) is 2.71. The van der Waals surface area contributed by atoms with Crippen molar-refractivity contribution in [1.82, 2.24) is 15.1 Å². The Hall–Kier alpha value is -2.24. The average molecular weight is 277 g/mol. The highest BCUT2D eigenvalue weighted by Crippen LogP contribution is 2.09. The zero-order chi connectivity index (χ0) is 14.4. The molecule has 0 saturated carbocycles. The standard InChI is InChI=1S/C14H19N3O3/c1-2-3-6-15-14(19)17-9-7-16(8-10-17)13(18)12-5-4-11-20-12/h3-6,11H,2,7-10H2,1H3,(H,15,19)/b6-3+.